The number of ether oxygens (including phenoxy) is 3. The predicted octanol–water partition coefficient (Wildman–Crippen LogP) is 3.61. The number of piperazine rings is 1. The van der Waals surface area contributed by atoms with Gasteiger partial charge in [-0.1, -0.05) is 6.92 Å². The summed E-state index contributed by atoms with van der Waals surface area (Å²) in [7, 11) is 0. The van der Waals surface area contributed by atoms with Gasteiger partial charge in [0.15, 0.2) is 0 Å². The summed E-state index contributed by atoms with van der Waals surface area (Å²) in [6.07, 6.45) is 6.70. The monoisotopic (exact) mass is 557 g/mol. The van der Waals surface area contributed by atoms with E-state index in [2.05, 4.69) is 56.1 Å². The second-order valence-corrected chi connectivity index (χ2v) is 10.3. The first-order valence-corrected chi connectivity index (χ1v) is 14.1. The molecule has 4 heterocycles. The van der Waals surface area contributed by atoms with Crippen LogP contribution in [0, 0.1) is 0 Å². The molecule has 4 aromatic rings. The molecule has 0 aliphatic carbocycles. The molecule has 214 valence electrons. The van der Waals surface area contributed by atoms with Crippen LogP contribution in [0.5, 0.6) is 5.75 Å². The number of benzene rings is 2. The minimum Gasteiger partial charge on any atom is -0.491 e. The smallest absolute Gasteiger partial charge is 0.350 e. The highest BCUT2D eigenvalue weighted by Gasteiger charge is 2.29. The Hall–Kier alpha value is -4.22. The molecule has 11 nitrogen and oxygen atoms in total. The van der Waals surface area contributed by atoms with E-state index in [1.54, 1.807) is 34.2 Å². The topological polar surface area (TPSA) is 99.8 Å². The quantitative estimate of drug-likeness (QED) is 0.306. The first kappa shape index (κ1) is 27.0. The van der Waals surface area contributed by atoms with Crippen molar-refractivity contribution in [3.05, 3.63) is 89.6 Å². The van der Waals surface area contributed by atoms with Crippen molar-refractivity contribution < 1.29 is 14.2 Å². The number of hydrogen-bond donors (Lipinski definition) is 0. The van der Waals surface area contributed by atoms with Gasteiger partial charge in [0.2, 0.25) is 6.29 Å². The van der Waals surface area contributed by atoms with E-state index in [9.17, 15) is 4.79 Å². The van der Waals surface area contributed by atoms with Gasteiger partial charge in [-0.25, -0.2) is 14.0 Å². The van der Waals surface area contributed by atoms with Crippen molar-refractivity contribution in [2.75, 3.05) is 49.2 Å². The molecule has 2 saturated heterocycles. The van der Waals surface area contributed by atoms with Crippen molar-refractivity contribution in [3.63, 3.8) is 0 Å². The molecule has 1 unspecified atom stereocenters. The van der Waals surface area contributed by atoms with Gasteiger partial charge >= 0.3 is 5.69 Å². The first-order valence-electron chi connectivity index (χ1n) is 14.1. The minimum absolute atomic E-state index is 0.0778. The molecule has 2 aliphatic rings. The maximum Gasteiger partial charge on any atom is 0.350 e. The van der Waals surface area contributed by atoms with Gasteiger partial charge in [0.1, 0.15) is 30.5 Å². The molecule has 2 fully saturated rings. The fraction of sp³-hybridized carbons (Fsp3) is 0.400. The molecule has 2 aromatic heterocycles. The second-order valence-electron chi connectivity index (χ2n) is 10.3. The summed E-state index contributed by atoms with van der Waals surface area (Å²) in [6.45, 7) is 8.57. The molecule has 41 heavy (non-hydrogen) atoms. The summed E-state index contributed by atoms with van der Waals surface area (Å²) in [5, 5.41) is 4.29. The summed E-state index contributed by atoms with van der Waals surface area (Å²) in [4.78, 5) is 25.8. The molecule has 2 aliphatic heterocycles. The number of nitrogens with zero attached hydrogens (tertiary/aromatic N) is 7. The molecular weight excluding hydrogens is 522 g/mol. The largest absolute Gasteiger partial charge is 0.491 e. The molecule has 3 atom stereocenters. The van der Waals surface area contributed by atoms with E-state index < -0.39 is 6.29 Å². The molecule has 2 aromatic carbocycles. The van der Waals surface area contributed by atoms with E-state index in [1.807, 2.05) is 31.2 Å². The molecule has 0 amide bonds. The number of anilines is 2. The molecule has 0 bridgehead atoms. The Morgan fingerprint density at radius 2 is 1.61 bits per heavy atom. The van der Waals surface area contributed by atoms with Crippen LogP contribution in [0.25, 0.3) is 5.69 Å². The summed E-state index contributed by atoms with van der Waals surface area (Å²) < 4.78 is 20.7. The van der Waals surface area contributed by atoms with E-state index in [1.165, 1.54) is 5.69 Å². The van der Waals surface area contributed by atoms with Crippen LogP contribution in [0.3, 0.4) is 0 Å². The van der Waals surface area contributed by atoms with Crippen molar-refractivity contribution in [2.45, 2.75) is 38.7 Å². The SMILES string of the molecule is CCC(C)n1ncn(-c2ccc(N3CCN(c4ccc(OC[C@@H]5CO[C@@H](c6cnccn6)O5)cc4)CC3)cc2)c1=O. The molecule has 0 saturated carbocycles. The lowest BCUT2D eigenvalue weighted by atomic mass is 10.2. The fourth-order valence-corrected chi connectivity index (χ4v) is 5.08. The number of hydrogen-bond acceptors (Lipinski definition) is 9. The summed E-state index contributed by atoms with van der Waals surface area (Å²) in [5.74, 6) is 0.799. The van der Waals surface area contributed by atoms with Crippen LogP contribution in [0.1, 0.15) is 38.3 Å². The Labute approximate surface area is 238 Å². The van der Waals surface area contributed by atoms with E-state index in [-0.39, 0.29) is 17.8 Å². The van der Waals surface area contributed by atoms with Crippen LogP contribution >= 0.6 is 0 Å². The van der Waals surface area contributed by atoms with E-state index in [0.717, 1.165) is 49.7 Å². The Balaban J connectivity index is 0.984. The van der Waals surface area contributed by atoms with Crippen LogP contribution in [-0.4, -0.2) is 69.8 Å². The lowest BCUT2D eigenvalue weighted by Crippen LogP contribution is -2.46. The third-order valence-corrected chi connectivity index (χ3v) is 7.69. The third kappa shape index (κ3) is 5.96. The third-order valence-electron chi connectivity index (χ3n) is 7.69. The predicted molar refractivity (Wildman–Crippen MR) is 155 cm³/mol. The minimum atomic E-state index is -0.500. The molecule has 0 spiro atoms. The van der Waals surface area contributed by atoms with Crippen molar-refractivity contribution in [1.82, 2.24) is 24.3 Å². The lowest BCUT2D eigenvalue weighted by molar-refractivity contribution is -0.0689. The van der Waals surface area contributed by atoms with Crippen molar-refractivity contribution in [2.24, 2.45) is 0 Å². The van der Waals surface area contributed by atoms with Crippen LogP contribution in [0.15, 0.2) is 78.2 Å². The standard InChI is InChI=1S/C30H35N7O4/c1-3-22(2)37-30(38)36(21-33-37)25-6-4-23(5-7-25)34-14-16-35(17-15-34)24-8-10-26(11-9-24)39-19-27-20-40-29(41-27)28-18-31-12-13-32-28/h4-13,18,21-22,27,29H,3,14-17,19-20H2,1-2H3/t22?,27-,29-/m1/s1. The van der Waals surface area contributed by atoms with Crippen molar-refractivity contribution >= 4 is 11.4 Å². The van der Waals surface area contributed by atoms with Crippen molar-refractivity contribution in [1.29, 1.82) is 0 Å². The van der Waals surface area contributed by atoms with Gasteiger partial charge in [0.05, 0.1) is 24.5 Å². The molecular formula is C30H35N7O4. The van der Waals surface area contributed by atoms with Gasteiger partial charge in [-0.2, -0.15) is 5.10 Å². The van der Waals surface area contributed by atoms with Crippen LogP contribution in [-0.2, 0) is 9.47 Å². The van der Waals surface area contributed by atoms with Crippen molar-refractivity contribution in [3.8, 4) is 11.4 Å². The highest BCUT2D eigenvalue weighted by molar-refractivity contribution is 5.54. The Morgan fingerprint density at radius 3 is 2.24 bits per heavy atom. The fourth-order valence-electron chi connectivity index (χ4n) is 5.08. The molecule has 6 rings (SSSR count). The highest BCUT2D eigenvalue weighted by atomic mass is 16.7. The maximum atomic E-state index is 12.7. The van der Waals surface area contributed by atoms with E-state index >= 15 is 0 Å². The van der Waals surface area contributed by atoms with E-state index in [4.69, 9.17) is 14.2 Å². The van der Waals surface area contributed by atoms with Gasteiger partial charge in [-0.3, -0.25) is 9.97 Å². The zero-order valence-corrected chi connectivity index (χ0v) is 23.4. The Morgan fingerprint density at radius 1 is 0.951 bits per heavy atom. The van der Waals surface area contributed by atoms with Gasteiger partial charge in [0, 0.05) is 49.9 Å². The van der Waals surface area contributed by atoms with Gasteiger partial charge in [-0.15, -0.1) is 0 Å². The van der Waals surface area contributed by atoms with Crippen LogP contribution < -0.4 is 20.2 Å². The average Bonchev–Trinajstić information content (AvgIpc) is 3.67. The summed E-state index contributed by atoms with van der Waals surface area (Å²) in [6, 6.07) is 16.4. The zero-order chi connectivity index (χ0) is 28.2. The van der Waals surface area contributed by atoms with Crippen LogP contribution in [0.4, 0.5) is 11.4 Å². The normalized spacial score (nSPS) is 19.9. The molecule has 0 N–H and O–H groups in total. The molecule has 11 heteroatoms. The summed E-state index contributed by atoms with van der Waals surface area (Å²) in [5.41, 5.74) is 3.71. The molecule has 0 radical (unpaired) electrons. The van der Waals surface area contributed by atoms with Crippen LogP contribution in [0.2, 0.25) is 0 Å². The average molecular weight is 558 g/mol. The van der Waals surface area contributed by atoms with Gasteiger partial charge in [-0.05, 0) is 61.9 Å². The number of aromatic nitrogens is 5. The Bertz CT molecular complexity index is 1470. The lowest BCUT2D eigenvalue weighted by Gasteiger charge is -2.37. The second kappa shape index (κ2) is 12.1. The van der Waals surface area contributed by atoms with E-state index in [0.29, 0.717) is 18.9 Å². The zero-order valence-electron chi connectivity index (χ0n) is 23.4. The maximum absolute atomic E-state index is 12.7. The van der Waals surface area contributed by atoms with Gasteiger partial charge < -0.3 is 24.0 Å². The first-order chi connectivity index (χ1) is 20.1. The Kier molecular flexibility index (Phi) is 7.97. The summed E-state index contributed by atoms with van der Waals surface area (Å²) >= 11 is 0. The van der Waals surface area contributed by atoms with Gasteiger partial charge in [0.25, 0.3) is 0 Å². The highest BCUT2D eigenvalue weighted by Crippen LogP contribution is 2.27. The number of rotatable bonds is 9.